The second kappa shape index (κ2) is 6.68. The number of hydrogen-bond acceptors (Lipinski definition) is 2. The third-order valence-electron chi connectivity index (χ3n) is 3.13. The molecule has 0 aromatic heterocycles. The highest BCUT2D eigenvalue weighted by Gasteiger charge is 2.18. The normalized spacial score (nSPS) is 13.1. The van der Waals surface area contributed by atoms with Crippen molar-refractivity contribution in [3.8, 4) is 0 Å². The molecule has 0 bridgehead atoms. The summed E-state index contributed by atoms with van der Waals surface area (Å²) in [5.41, 5.74) is 1.79. The third-order valence-corrected chi connectivity index (χ3v) is 4.49. The molecule has 0 heterocycles. The molecule has 0 fully saturated rings. The van der Waals surface area contributed by atoms with E-state index in [2.05, 4.69) is 4.72 Å². The van der Waals surface area contributed by atoms with Gasteiger partial charge in [0, 0.05) is 6.04 Å². The minimum Gasteiger partial charge on any atom is -0.212 e. The first-order valence-corrected chi connectivity index (χ1v) is 8.35. The van der Waals surface area contributed by atoms with Crippen molar-refractivity contribution in [1.82, 2.24) is 4.72 Å². The molecule has 0 aliphatic carbocycles. The van der Waals surface area contributed by atoms with Gasteiger partial charge in [-0.3, -0.25) is 0 Å². The Hall–Kier alpha value is -1.65. The van der Waals surface area contributed by atoms with Crippen LogP contribution in [0.2, 0.25) is 0 Å². The van der Waals surface area contributed by atoms with Crippen LogP contribution >= 0.6 is 0 Å². The van der Waals surface area contributed by atoms with Crippen LogP contribution < -0.4 is 4.72 Å². The Balaban J connectivity index is 2.11. The van der Waals surface area contributed by atoms with E-state index < -0.39 is 10.0 Å². The van der Waals surface area contributed by atoms with E-state index in [4.69, 9.17) is 0 Å². The van der Waals surface area contributed by atoms with Gasteiger partial charge in [-0.25, -0.2) is 13.1 Å². The largest absolute Gasteiger partial charge is 0.216 e. The summed E-state index contributed by atoms with van der Waals surface area (Å²) < 4.78 is 27.2. The van der Waals surface area contributed by atoms with Crippen molar-refractivity contribution in [1.29, 1.82) is 0 Å². The van der Waals surface area contributed by atoms with Crippen LogP contribution in [0.1, 0.15) is 30.5 Å². The quantitative estimate of drug-likeness (QED) is 0.887. The Morgan fingerprint density at radius 3 is 2.05 bits per heavy atom. The molecule has 3 nitrogen and oxygen atoms in total. The molecule has 0 aliphatic rings. The van der Waals surface area contributed by atoms with Crippen molar-refractivity contribution in [2.24, 2.45) is 0 Å². The molecule has 2 rings (SSSR count). The summed E-state index contributed by atoms with van der Waals surface area (Å²) in [7, 11) is -3.34. The van der Waals surface area contributed by atoms with Gasteiger partial charge in [0.2, 0.25) is 10.0 Å². The molecule has 2 aromatic rings. The zero-order valence-corrected chi connectivity index (χ0v) is 12.3. The van der Waals surface area contributed by atoms with E-state index >= 15 is 0 Å². The summed E-state index contributed by atoms with van der Waals surface area (Å²) in [6.07, 6.45) is 0.720. The summed E-state index contributed by atoms with van der Waals surface area (Å²) in [6, 6.07) is 18.7. The number of nitrogens with one attached hydrogen (secondary N) is 1. The van der Waals surface area contributed by atoms with Crippen LogP contribution in [-0.4, -0.2) is 8.42 Å². The molecule has 0 amide bonds. The Kier molecular flexibility index (Phi) is 4.93. The predicted molar refractivity (Wildman–Crippen MR) is 81.7 cm³/mol. The van der Waals surface area contributed by atoms with E-state index in [1.54, 1.807) is 0 Å². The van der Waals surface area contributed by atoms with E-state index in [0.717, 1.165) is 17.5 Å². The molecule has 1 atom stereocenters. The molecule has 0 unspecified atom stereocenters. The third kappa shape index (κ3) is 4.18. The summed E-state index contributed by atoms with van der Waals surface area (Å²) in [4.78, 5) is 0. The fourth-order valence-corrected chi connectivity index (χ4v) is 3.58. The number of sulfonamides is 1. The van der Waals surface area contributed by atoms with Crippen molar-refractivity contribution < 1.29 is 8.42 Å². The van der Waals surface area contributed by atoms with Gasteiger partial charge in [0.25, 0.3) is 0 Å². The summed E-state index contributed by atoms with van der Waals surface area (Å²) >= 11 is 0. The molecule has 0 saturated carbocycles. The highest BCUT2D eigenvalue weighted by molar-refractivity contribution is 7.88. The molecular weight excluding hydrogens is 270 g/mol. The van der Waals surface area contributed by atoms with Gasteiger partial charge in [0.15, 0.2) is 0 Å². The van der Waals surface area contributed by atoms with Crippen molar-refractivity contribution in [2.45, 2.75) is 25.1 Å². The van der Waals surface area contributed by atoms with Crippen LogP contribution in [-0.2, 0) is 15.8 Å². The lowest BCUT2D eigenvalue weighted by Gasteiger charge is -2.17. The monoisotopic (exact) mass is 289 g/mol. The van der Waals surface area contributed by atoms with Crippen molar-refractivity contribution in [3.63, 3.8) is 0 Å². The average molecular weight is 289 g/mol. The smallest absolute Gasteiger partial charge is 0.212 e. The van der Waals surface area contributed by atoms with Crippen LogP contribution in [0.15, 0.2) is 60.7 Å². The maximum absolute atomic E-state index is 12.2. The Morgan fingerprint density at radius 1 is 0.950 bits per heavy atom. The van der Waals surface area contributed by atoms with Gasteiger partial charge in [0.05, 0.1) is 5.75 Å². The van der Waals surface area contributed by atoms with E-state index in [1.807, 2.05) is 67.6 Å². The average Bonchev–Trinajstić information content (AvgIpc) is 2.46. The second-order valence-corrected chi connectivity index (χ2v) is 6.49. The highest BCUT2D eigenvalue weighted by Crippen LogP contribution is 2.18. The standard InChI is InChI=1S/C16H19NO2S/c1-2-16(15-11-7-4-8-12-15)17-20(18,19)13-14-9-5-3-6-10-14/h3-12,16-17H,2,13H2,1H3/t16-/m1/s1. The highest BCUT2D eigenvalue weighted by atomic mass is 32.2. The summed E-state index contributed by atoms with van der Waals surface area (Å²) in [6.45, 7) is 1.97. The zero-order valence-electron chi connectivity index (χ0n) is 11.5. The van der Waals surface area contributed by atoms with E-state index in [-0.39, 0.29) is 11.8 Å². The van der Waals surface area contributed by atoms with E-state index in [9.17, 15) is 8.42 Å². The van der Waals surface area contributed by atoms with Crippen molar-refractivity contribution >= 4 is 10.0 Å². The van der Waals surface area contributed by atoms with Gasteiger partial charge < -0.3 is 0 Å². The van der Waals surface area contributed by atoms with Crippen molar-refractivity contribution in [2.75, 3.05) is 0 Å². The van der Waals surface area contributed by atoms with Gasteiger partial charge in [-0.15, -0.1) is 0 Å². The lowest BCUT2D eigenvalue weighted by molar-refractivity contribution is 0.549. The fraction of sp³-hybridized carbons (Fsp3) is 0.250. The van der Waals surface area contributed by atoms with Crippen LogP contribution in [0.25, 0.3) is 0 Å². The minimum atomic E-state index is -3.34. The van der Waals surface area contributed by atoms with Crippen molar-refractivity contribution in [3.05, 3.63) is 71.8 Å². The molecule has 1 N–H and O–H groups in total. The molecule has 20 heavy (non-hydrogen) atoms. The number of rotatable bonds is 6. The summed E-state index contributed by atoms with van der Waals surface area (Å²) in [5, 5.41) is 0. The Bertz CT molecular complexity index is 624. The SMILES string of the molecule is CC[C@@H](NS(=O)(=O)Cc1ccccc1)c1ccccc1. The van der Waals surface area contributed by atoms with Crippen LogP contribution in [0.5, 0.6) is 0 Å². The second-order valence-electron chi connectivity index (χ2n) is 4.73. The van der Waals surface area contributed by atoms with Crippen LogP contribution in [0.4, 0.5) is 0 Å². The maximum Gasteiger partial charge on any atom is 0.216 e. The first-order chi connectivity index (χ1) is 9.61. The lowest BCUT2D eigenvalue weighted by Crippen LogP contribution is -2.29. The van der Waals surface area contributed by atoms with Gasteiger partial charge in [-0.1, -0.05) is 67.6 Å². The summed E-state index contributed by atoms with van der Waals surface area (Å²) in [5.74, 6) is 0.0111. The molecule has 4 heteroatoms. The molecule has 0 spiro atoms. The number of hydrogen-bond donors (Lipinski definition) is 1. The molecule has 0 aliphatic heterocycles. The first kappa shape index (κ1) is 14.8. The lowest BCUT2D eigenvalue weighted by atomic mass is 10.1. The molecule has 106 valence electrons. The Morgan fingerprint density at radius 2 is 1.50 bits per heavy atom. The molecule has 0 saturated heterocycles. The minimum absolute atomic E-state index is 0.0111. The topological polar surface area (TPSA) is 46.2 Å². The first-order valence-electron chi connectivity index (χ1n) is 6.69. The van der Waals surface area contributed by atoms with E-state index in [0.29, 0.717) is 0 Å². The predicted octanol–water partition coefficient (Wildman–Crippen LogP) is 3.26. The molecule has 2 aromatic carbocycles. The van der Waals surface area contributed by atoms with Gasteiger partial charge in [-0.2, -0.15) is 0 Å². The van der Waals surface area contributed by atoms with E-state index in [1.165, 1.54) is 0 Å². The molecular formula is C16H19NO2S. The Labute approximate surface area is 120 Å². The van der Waals surface area contributed by atoms with Gasteiger partial charge >= 0.3 is 0 Å². The zero-order chi connectivity index (χ0) is 14.4. The number of benzene rings is 2. The van der Waals surface area contributed by atoms with Gasteiger partial charge in [-0.05, 0) is 17.5 Å². The molecule has 0 radical (unpaired) electrons. The van der Waals surface area contributed by atoms with Crippen LogP contribution in [0.3, 0.4) is 0 Å². The van der Waals surface area contributed by atoms with Gasteiger partial charge in [0.1, 0.15) is 0 Å². The maximum atomic E-state index is 12.2. The van der Waals surface area contributed by atoms with Crippen LogP contribution in [0, 0.1) is 0 Å². The fourth-order valence-electron chi connectivity index (χ4n) is 2.12.